The van der Waals surface area contributed by atoms with Crippen molar-refractivity contribution in [3.05, 3.63) is 35.5 Å². The first-order chi connectivity index (χ1) is 9.97. The number of rotatable bonds is 4. The molecular weight excluding hydrogens is 292 g/mol. The number of anilines is 1. The van der Waals surface area contributed by atoms with Gasteiger partial charge in [-0.15, -0.1) is 0 Å². The highest BCUT2D eigenvalue weighted by Gasteiger charge is 2.26. The number of aryl methyl sites for hydroxylation is 1. The first-order valence-corrected chi connectivity index (χ1v) is 8.12. The van der Waals surface area contributed by atoms with Crippen LogP contribution in [-0.4, -0.2) is 27.4 Å². The van der Waals surface area contributed by atoms with Crippen LogP contribution in [0.3, 0.4) is 0 Å². The number of nitrogens with zero attached hydrogens (tertiary/aromatic N) is 1. The van der Waals surface area contributed by atoms with Crippen molar-refractivity contribution in [2.24, 2.45) is 0 Å². The highest BCUT2D eigenvalue weighted by atomic mass is 32.3. The zero-order chi connectivity index (χ0) is 15.5. The number of benzene rings is 1. The van der Waals surface area contributed by atoms with Crippen molar-refractivity contribution in [2.45, 2.75) is 18.2 Å². The summed E-state index contributed by atoms with van der Waals surface area (Å²) in [6.45, 7) is 1.87. The minimum atomic E-state index is -2.65. The molecule has 21 heavy (non-hydrogen) atoms. The number of carbonyl (C=O) groups excluding carboxylic acids is 1. The standard InChI is InChI=1S/C14H16N2O4S/c1-2-20-14(17)11(8-15)9-16-12-3-4-13-10(7-12)5-6-21(13,18)19/h3-4,7,9,16,18-19H,2,5-6H2,1H3/b11-9-. The normalized spacial score (nSPS) is 17.5. The molecule has 1 heterocycles. The van der Waals surface area contributed by atoms with E-state index in [4.69, 9.17) is 10.00 Å². The van der Waals surface area contributed by atoms with E-state index in [1.165, 1.54) is 6.20 Å². The van der Waals surface area contributed by atoms with Crippen LogP contribution in [0.2, 0.25) is 0 Å². The summed E-state index contributed by atoms with van der Waals surface area (Å²) < 4.78 is 24.4. The number of nitriles is 1. The fourth-order valence-electron chi connectivity index (χ4n) is 2.05. The van der Waals surface area contributed by atoms with Crippen molar-refractivity contribution < 1.29 is 18.6 Å². The van der Waals surface area contributed by atoms with Gasteiger partial charge in [0.15, 0.2) is 5.57 Å². The number of hydrogen-bond acceptors (Lipinski definition) is 6. The van der Waals surface area contributed by atoms with Gasteiger partial charge in [-0.2, -0.15) is 15.9 Å². The first-order valence-electron chi connectivity index (χ1n) is 6.40. The van der Waals surface area contributed by atoms with Gasteiger partial charge in [0, 0.05) is 17.6 Å². The van der Waals surface area contributed by atoms with E-state index < -0.39 is 16.6 Å². The molecule has 0 atom stereocenters. The second kappa shape index (κ2) is 6.18. The molecule has 0 spiro atoms. The lowest BCUT2D eigenvalue weighted by molar-refractivity contribution is -0.138. The van der Waals surface area contributed by atoms with E-state index in [1.807, 2.05) is 0 Å². The monoisotopic (exact) mass is 308 g/mol. The van der Waals surface area contributed by atoms with Crippen LogP contribution in [0, 0.1) is 11.3 Å². The number of fused-ring (bicyclic) bond motifs is 1. The number of esters is 1. The van der Waals surface area contributed by atoms with Crippen molar-refractivity contribution in [3.8, 4) is 6.07 Å². The van der Waals surface area contributed by atoms with Gasteiger partial charge in [0.05, 0.1) is 11.5 Å². The third-order valence-electron chi connectivity index (χ3n) is 3.07. The summed E-state index contributed by atoms with van der Waals surface area (Å²) >= 11 is 0. The summed E-state index contributed by atoms with van der Waals surface area (Å²) in [6.07, 6.45) is 1.88. The number of ether oxygens (including phenoxy) is 1. The molecule has 0 aliphatic carbocycles. The van der Waals surface area contributed by atoms with Crippen LogP contribution >= 0.6 is 10.6 Å². The van der Waals surface area contributed by atoms with Gasteiger partial charge in [0.2, 0.25) is 0 Å². The third-order valence-corrected chi connectivity index (χ3v) is 4.94. The topological polar surface area (TPSA) is 103 Å². The smallest absolute Gasteiger partial charge is 0.350 e. The Morgan fingerprint density at radius 2 is 2.33 bits per heavy atom. The van der Waals surface area contributed by atoms with E-state index in [0.29, 0.717) is 22.8 Å². The maximum absolute atomic E-state index is 11.5. The van der Waals surface area contributed by atoms with E-state index in [2.05, 4.69) is 5.32 Å². The van der Waals surface area contributed by atoms with Crippen LogP contribution in [-0.2, 0) is 16.0 Å². The van der Waals surface area contributed by atoms with Gasteiger partial charge < -0.3 is 10.1 Å². The van der Waals surface area contributed by atoms with Crippen LogP contribution in [0.25, 0.3) is 0 Å². The van der Waals surface area contributed by atoms with Crippen LogP contribution < -0.4 is 5.32 Å². The van der Waals surface area contributed by atoms with Crippen LogP contribution in [0.1, 0.15) is 12.5 Å². The molecule has 0 saturated carbocycles. The van der Waals surface area contributed by atoms with Gasteiger partial charge in [0.1, 0.15) is 6.07 Å². The van der Waals surface area contributed by atoms with E-state index in [9.17, 15) is 13.9 Å². The Balaban J connectivity index is 2.15. The molecule has 0 bridgehead atoms. The van der Waals surface area contributed by atoms with Gasteiger partial charge in [-0.3, -0.25) is 9.11 Å². The maximum atomic E-state index is 11.5. The minimum absolute atomic E-state index is 0.123. The van der Waals surface area contributed by atoms with Crippen molar-refractivity contribution in [1.29, 1.82) is 5.26 Å². The van der Waals surface area contributed by atoms with Gasteiger partial charge in [-0.1, -0.05) is 0 Å². The highest BCUT2D eigenvalue weighted by molar-refractivity contribution is 8.24. The fourth-order valence-corrected chi connectivity index (χ4v) is 3.64. The Hall–Kier alpha value is -2.01. The van der Waals surface area contributed by atoms with Crippen LogP contribution in [0.5, 0.6) is 0 Å². The van der Waals surface area contributed by atoms with E-state index in [0.717, 1.165) is 5.56 Å². The van der Waals surface area contributed by atoms with Crippen molar-refractivity contribution in [1.82, 2.24) is 0 Å². The molecule has 3 N–H and O–H groups in total. The largest absolute Gasteiger partial charge is 0.462 e. The van der Waals surface area contributed by atoms with E-state index in [1.54, 1.807) is 31.2 Å². The molecule has 0 amide bonds. The van der Waals surface area contributed by atoms with Crippen LogP contribution in [0.4, 0.5) is 5.69 Å². The lowest BCUT2D eigenvalue weighted by Gasteiger charge is -2.27. The molecular formula is C14H16N2O4S. The Morgan fingerprint density at radius 1 is 1.57 bits per heavy atom. The number of carbonyl (C=O) groups is 1. The molecule has 2 rings (SSSR count). The molecule has 1 aromatic carbocycles. The van der Waals surface area contributed by atoms with Gasteiger partial charge in [-0.05, 0) is 37.1 Å². The Kier molecular flexibility index (Phi) is 4.53. The summed E-state index contributed by atoms with van der Waals surface area (Å²) in [5.74, 6) is -0.337. The molecule has 1 aliphatic rings. The molecule has 7 heteroatoms. The average molecular weight is 308 g/mol. The SMILES string of the molecule is CCOC(=O)/C(C#N)=C\Nc1ccc2c(c1)CCS2(O)O. The quantitative estimate of drug-likeness (QED) is 0.449. The molecule has 1 aliphatic heterocycles. The Labute approximate surface area is 124 Å². The molecule has 1 aromatic rings. The zero-order valence-electron chi connectivity index (χ0n) is 11.5. The molecule has 0 saturated heterocycles. The molecule has 0 radical (unpaired) electrons. The van der Waals surface area contributed by atoms with Crippen molar-refractivity contribution >= 4 is 22.2 Å². The van der Waals surface area contributed by atoms with E-state index in [-0.39, 0.29) is 12.2 Å². The second-order valence-corrected chi connectivity index (χ2v) is 6.66. The lowest BCUT2D eigenvalue weighted by Crippen LogP contribution is -2.08. The van der Waals surface area contributed by atoms with E-state index >= 15 is 0 Å². The molecule has 112 valence electrons. The van der Waals surface area contributed by atoms with Gasteiger partial charge >= 0.3 is 5.97 Å². The van der Waals surface area contributed by atoms with Gasteiger partial charge in [0.25, 0.3) is 0 Å². The van der Waals surface area contributed by atoms with Gasteiger partial charge in [-0.25, -0.2) is 4.79 Å². The summed E-state index contributed by atoms with van der Waals surface area (Å²) in [6, 6.07) is 6.89. The third kappa shape index (κ3) is 3.36. The second-order valence-electron chi connectivity index (χ2n) is 4.48. The molecule has 0 unspecified atom stereocenters. The maximum Gasteiger partial charge on any atom is 0.350 e. The highest BCUT2D eigenvalue weighted by Crippen LogP contribution is 2.55. The predicted molar refractivity (Wildman–Crippen MR) is 80.1 cm³/mol. The number of hydrogen-bond donors (Lipinski definition) is 3. The zero-order valence-corrected chi connectivity index (χ0v) is 12.3. The summed E-state index contributed by atoms with van der Waals surface area (Å²) in [5.41, 5.74) is 1.41. The lowest BCUT2D eigenvalue weighted by atomic mass is 10.1. The van der Waals surface area contributed by atoms with Crippen molar-refractivity contribution in [3.63, 3.8) is 0 Å². The summed E-state index contributed by atoms with van der Waals surface area (Å²) in [5, 5.41) is 11.8. The minimum Gasteiger partial charge on any atom is -0.462 e. The summed E-state index contributed by atoms with van der Waals surface area (Å²) in [4.78, 5) is 12.0. The fraction of sp³-hybridized carbons (Fsp3) is 0.286. The predicted octanol–water partition coefficient (Wildman–Crippen LogP) is 2.73. The Morgan fingerprint density at radius 3 is 3.00 bits per heavy atom. The average Bonchev–Trinajstić information content (AvgIpc) is 2.75. The first kappa shape index (κ1) is 15.4. The summed E-state index contributed by atoms with van der Waals surface area (Å²) in [7, 11) is -2.65. The van der Waals surface area contributed by atoms with Crippen molar-refractivity contribution in [2.75, 3.05) is 17.7 Å². The molecule has 6 nitrogen and oxygen atoms in total. The number of nitrogens with one attached hydrogen (secondary N) is 1. The van der Waals surface area contributed by atoms with Crippen LogP contribution in [0.15, 0.2) is 34.9 Å². The molecule has 0 fully saturated rings. The molecule has 0 aromatic heterocycles. The Bertz CT molecular complexity index is 634.